The minimum absolute atomic E-state index is 0.187. The van der Waals surface area contributed by atoms with Crippen LogP contribution in [0.4, 0.5) is 5.82 Å². The van der Waals surface area contributed by atoms with Gasteiger partial charge in [-0.15, -0.1) is 0 Å². The van der Waals surface area contributed by atoms with E-state index in [-0.39, 0.29) is 18.1 Å². The third-order valence-corrected chi connectivity index (χ3v) is 3.20. The van der Waals surface area contributed by atoms with E-state index in [2.05, 4.69) is 15.0 Å². The van der Waals surface area contributed by atoms with Crippen LogP contribution in [-0.2, 0) is 9.47 Å². The first-order valence-corrected chi connectivity index (χ1v) is 6.06. The summed E-state index contributed by atoms with van der Waals surface area (Å²) in [5.74, 6) is 0.409. The van der Waals surface area contributed by atoms with E-state index >= 15 is 0 Å². The molecule has 5 nitrogen and oxygen atoms in total. The summed E-state index contributed by atoms with van der Waals surface area (Å²) < 4.78 is 10.2. The summed E-state index contributed by atoms with van der Waals surface area (Å²) in [5, 5.41) is 3.33. The molecule has 0 saturated carbocycles. The molecule has 98 valence electrons. The fourth-order valence-electron chi connectivity index (χ4n) is 2.08. The molecule has 0 radical (unpaired) electrons. The lowest BCUT2D eigenvalue weighted by Crippen LogP contribution is -2.27. The van der Waals surface area contributed by atoms with Crippen molar-refractivity contribution < 1.29 is 14.3 Å². The van der Waals surface area contributed by atoms with E-state index in [4.69, 9.17) is 4.74 Å². The molecule has 2 atom stereocenters. The summed E-state index contributed by atoms with van der Waals surface area (Å²) in [7, 11) is 1.37. The quantitative estimate of drug-likeness (QED) is 0.828. The molecule has 1 aromatic rings. The molecule has 1 saturated heterocycles. The molecule has 1 fully saturated rings. The Morgan fingerprint density at radius 1 is 1.56 bits per heavy atom. The summed E-state index contributed by atoms with van der Waals surface area (Å²) in [6.45, 7) is 4.62. The number of nitrogens with zero attached hydrogens (tertiary/aromatic N) is 1. The molecular formula is C13H18N2O3. The Bertz CT molecular complexity index is 448. The van der Waals surface area contributed by atoms with Crippen LogP contribution in [0.2, 0.25) is 0 Å². The smallest absolute Gasteiger partial charge is 0.339 e. The van der Waals surface area contributed by atoms with E-state index in [1.54, 1.807) is 19.1 Å². The van der Waals surface area contributed by atoms with Crippen molar-refractivity contribution in [3.63, 3.8) is 0 Å². The Hall–Kier alpha value is -1.62. The van der Waals surface area contributed by atoms with Gasteiger partial charge in [-0.1, -0.05) is 0 Å². The van der Waals surface area contributed by atoms with Crippen LogP contribution in [0.3, 0.4) is 0 Å². The predicted molar refractivity (Wildman–Crippen MR) is 67.8 cm³/mol. The van der Waals surface area contributed by atoms with Gasteiger partial charge in [0.15, 0.2) is 0 Å². The van der Waals surface area contributed by atoms with Crippen molar-refractivity contribution in [2.75, 3.05) is 19.0 Å². The van der Waals surface area contributed by atoms with Crippen molar-refractivity contribution in [2.45, 2.75) is 32.4 Å². The van der Waals surface area contributed by atoms with Crippen LogP contribution in [0.15, 0.2) is 12.1 Å². The summed E-state index contributed by atoms with van der Waals surface area (Å²) >= 11 is 0. The number of ether oxygens (including phenoxy) is 2. The van der Waals surface area contributed by atoms with Gasteiger partial charge in [0.05, 0.1) is 30.5 Å². The molecule has 2 unspecified atom stereocenters. The monoisotopic (exact) mass is 250 g/mol. The molecule has 2 heterocycles. The zero-order chi connectivity index (χ0) is 13.1. The molecule has 2 rings (SSSR count). The lowest BCUT2D eigenvalue weighted by molar-refractivity contribution is 0.0599. The van der Waals surface area contributed by atoms with Gasteiger partial charge >= 0.3 is 5.97 Å². The van der Waals surface area contributed by atoms with Gasteiger partial charge in [-0.3, -0.25) is 0 Å². The fourth-order valence-corrected chi connectivity index (χ4v) is 2.08. The Kier molecular flexibility index (Phi) is 3.81. The number of carbonyl (C=O) groups is 1. The number of nitrogens with one attached hydrogen (secondary N) is 1. The molecular weight excluding hydrogens is 232 g/mol. The van der Waals surface area contributed by atoms with Crippen LogP contribution in [0.25, 0.3) is 0 Å². The molecule has 0 amide bonds. The Labute approximate surface area is 107 Å². The average molecular weight is 250 g/mol. The van der Waals surface area contributed by atoms with Gasteiger partial charge < -0.3 is 14.8 Å². The number of aromatic nitrogens is 1. The molecule has 1 N–H and O–H groups in total. The third-order valence-electron chi connectivity index (χ3n) is 3.20. The molecule has 18 heavy (non-hydrogen) atoms. The van der Waals surface area contributed by atoms with E-state index in [1.807, 2.05) is 6.92 Å². The lowest BCUT2D eigenvalue weighted by Gasteiger charge is -2.17. The van der Waals surface area contributed by atoms with Gasteiger partial charge in [0.25, 0.3) is 0 Å². The highest BCUT2D eigenvalue weighted by molar-refractivity contribution is 5.90. The van der Waals surface area contributed by atoms with Crippen molar-refractivity contribution in [3.8, 4) is 0 Å². The fraction of sp³-hybridized carbons (Fsp3) is 0.538. The van der Waals surface area contributed by atoms with Gasteiger partial charge in [-0.25, -0.2) is 9.78 Å². The Balaban J connectivity index is 2.11. The first-order valence-electron chi connectivity index (χ1n) is 6.06. The van der Waals surface area contributed by atoms with Crippen molar-refractivity contribution in [1.29, 1.82) is 0 Å². The van der Waals surface area contributed by atoms with E-state index in [0.29, 0.717) is 11.3 Å². The molecule has 1 aromatic heterocycles. The minimum atomic E-state index is -0.357. The van der Waals surface area contributed by atoms with Crippen LogP contribution in [-0.4, -0.2) is 36.8 Å². The number of rotatable bonds is 3. The number of esters is 1. The summed E-state index contributed by atoms with van der Waals surface area (Å²) in [6.07, 6.45) is 1.16. The van der Waals surface area contributed by atoms with Crippen LogP contribution < -0.4 is 5.32 Å². The average Bonchev–Trinajstić information content (AvgIpc) is 2.74. The number of methoxy groups -OCH3 is 1. The van der Waals surface area contributed by atoms with Crippen molar-refractivity contribution in [1.82, 2.24) is 4.98 Å². The van der Waals surface area contributed by atoms with Gasteiger partial charge in [-0.2, -0.15) is 0 Å². The number of aryl methyl sites for hydroxylation is 1. The van der Waals surface area contributed by atoms with Gasteiger partial charge in [0.1, 0.15) is 5.82 Å². The van der Waals surface area contributed by atoms with Crippen molar-refractivity contribution >= 4 is 11.8 Å². The van der Waals surface area contributed by atoms with E-state index in [1.165, 1.54) is 7.11 Å². The molecule has 0 spiro atoms. The Morgan fingerprint density at radius 2 is 2.33 bits per heavy atom. The summed E-state index contributed by atoms with van der Waals surface area (Å²) in [4.78, 5) is 15.8. The molecule has 0 aromatic carbocycles. The van der Waals surface area contributed by atoms with E-state index in [0.717, 1.165) is 18.8 Å². The van der Waals surface area contributed by atoms with E-state index < -0.39 is 0 Å². The van der Waals surface area contributed by atoms with Gasteiger partial charge in [-0.05, 0) is 32.4 Å². The number of pyridine rings is 1. The molecule has 5 heteroatoms. The second-order valence-electron chi connectivity index (χ2n) is 4.44. The second kappa shape index (κ2) is 5.35. The molecule has 0 aliphatic carbocycles. The normalized spacial score (nSPS) is 22.8. The van der Waals surface area contributed by atoms with Gasteiger partial charge in [0, 0.05) is 6.61 Å². The molecule has 1 aliphatic heterocycles. The summed E-state index contributed by atoms with van der Waals surface area (Å²) in [6, 6.07) is 3.81. The predicted octanol–water partition coefficient (Wildman–Crippen LogP) is 1.77. The maximum absolute atomic E-state index is 11.4. The highest BCUT2D eigenvalue weighted by Gasteiger charge is 2.24. The maximum atomic E-state index is 11.4. The first kappa shape index (κ1) is 12.8. The van der Waals surface area contributed by atoms with Crippen LogP contribution >= 0.6 is 0 Å². The molecule has 0 bridgehead atoms. The lowest BCUT2D eigenvalue weighted by atomic mass is 10.1. The third kappa shape index (κ3) is 2.61. The minimum Gasteiger partial charge on any atom is -0.465 e. The first-order chi connectivity index (χ1) is 8.61. The zero-order valence-corrected chi connectivity index (χ0v) is 10.9. The van der Waals surface area contributed by atoms with Crippen molar-refractivity contribution in [3.05, 3.63) is 23.4 Å². The molecule has 1 aliphatic rings. The maximum Gasteiger partial charge on any atom is 0.339 e. The van der Waals surface area contributed by atoms with Crippen molar-refractivity contribution in [2.24, 2.45) is 0 Å². The van der Waals surface area contributed by atoms with Gasteiger partial charge in [0.2, 0.25) is 0 Å². The number of anilines is 1. The SMILES string of the molecule is COC(=O)c1ccc(NC2CCOC2C)nc1C. The topological polar surface area (TPSA) is 60.5 Å². The number of carbonyl (C=O) groups excluding carboxylic acids is 1. The second-order valence-corrected chi connectivity index (χ2v) is 4.44. The van der Waals surface area contributed by atoms with Crippen LogP contribution in [0.5, 0.6) is 0 Å². The van der Waals surface area contributed by atoms with Crippen LogP contribution in [0.1, 0.15) is 29.4 Å². The zero-order valence-electron chi connectivity index (χ0n) is 10.9. The summed E-state index contributed by atoms with van der Waals surface area (Å²) in [5.41, 5.74) is 1.16. The highest BCUT2D eigenvalue weighted by atomic mass is 16.5. The number of hydrogen-bond donors (Lipinski definition) is 1. The Morgan fingerprint density at radius 3 is 2.89 bits per heavy atom. The van der Waals surface area contributed by atoms with E-state index in [9.17, 15) is 4.79 Å². The largest absolute Gasteiger partial charge is 0.465 e. The standard InChI is InChI=1S/C13H18N2O3/c1-8-10(13(16)17-3)4-5-12(14-8)15-11-6-7-18-9(11)2/h4-5,9,11H,6-7H2,1-3H3,(H,14,15). The number of hydrogen-bond acceptors (Lipinski definition) is 5. The van der Waals surface area contributed by atoms with Crippen LogP contribution in [0, 0.1) is 6.92 Å². The highest BCUT2D eigenvalue weighted by Crippen LogP contribution is 2.19.